The zero-order valence-electron chi connectivity index (χ0n) is 14.2. The van der Waals surface area contributed by atoms with E-state index in [2.05, 4.69) is 5.32 Å². The molecule has 0 heterocycles. The summed E-state index contributed by atoms with van der Waals surface area (Å²) in [6.45, 7) is 4.96. The SMILES string of the molecule is CCN(CC)C(=O)c1cc(NC=C(C#N)C#N)c(OC)c(OC)c1. The van der Waals surface area contributed by atoms with Gasteiger partial charge in [0.25, 0.3) is 5.91 Å². The first kappa shape index (κ1) is 18.9. The molecule has 0 spiro atoms. The van der Waals surface area contributed by atoms with E-state index >= 15 is 0 Å². The van der Waals surface area contributed by atoms with Crippen molar-refractivity contribution < 1.29 is 14.3 Å². The molecule has 0 fully saturated rings. The van der Waals surface area contributed by atoms with Crippen LogP contribution in [0.25, 0.3) is 0 Å². The number of allylic oxidation sites excluding steroid dienone is 1. The fourth-order valence-corrected chi connectivity index (χ4v) is 2.13. The first-order chi connectivity index (χ1) is 11.6. The van der Waals surface area contributed by atoms with Crippen molar-refractivity contribution in [3.63, 3.8) is 0 Å². The Morgan fingerprint density at radius 3 is 2.29 bits per heavy atom. The quantitative estimate of drug-likeness (QED) is 0.772. The molecule has 1 rings (SSSR count). The zero-order valence-corrected chi connectivity index (χ0v) is 14.2. The van der Waals surface area contributed by atoms with Crippen LogP contribution in [0.4, 0.5) is 5.69 Å². The average Bonchev–Trinajstić information content (AvgIpc) is 2.62. The van der Waals surface area contributed by atoms with E-state index in [0.29, 0.717) is 35.8 Å². The maximum atomic E-state index is 12.6. The second-order valence-electron chi connectivity index (χ2n) is 4.66. The fraction of sp³-hybridized carbons (Fsp3) is 0.353. The Bertz CT molecular complexity index is 694. The molecule has 0 aromatic heterocycles. The van der Waals surface area contributed by atoms with Gasteiger partial charge in [-0.15, -0.1) is 0 Å². The van der Waals surface area contributed by atoms with Gasteiger partial charge in [-0.05, 0) is 26.0 Å². The Balaban J connectivity index is 3.38. The molecule has 7 heteroatoms. The van der Waals surface area contributed by atoms with Crippen LogP contribution in [0.2, 0.25) is 0 Å². The molecule has 0 unspecified atom stereocenters. The molecular weight excluding hydrogens is 308 g/mol. The summed E-state index contributed by atoms with van der Waals surface area (Å²) in [6.07, 6.45) is 1.25. The number of anilines is 1. The van der Waals surface area contributed by atoms with Crippen LogP contribution in [-0.2, 0) is 0 Å². The number of carbonyl (C=O) groups excluding carboxylic acids is 1. The molecule has 24 heavy (non-hydrogen) atoms. The van der Waals surface area contributed by atoms with Crippen molar-refractivity contribution in [2.45, 2.75) is 13.8 Å². The summed E-state index contributed by atoms with van der Waals surface area (Å²) in [4.78, 5) is 14.2. The van der Waals surface area contributed by atoms with Gasteiger partial charge in [0.1, 0.15) is 17.7 Å². The lowest BCUT2D eigenvalue weighted by Gasteiger charge is -2.20. The van der Waals surface area contributed by atoms with E-state index in [1.807, 2.05) is 13.8 Å². The first-order valence-electron chi connectivity index (χ1n) is 7.38. The van der Waals surface area contributed by atoms with Gasteiger partial charge in [0.15, 0.2) is 11.5 Å². The van der Waals surface area contributed by atoms with Crippen LogP contribution in [0.15, 0.2) is 23.9 Å². The van der Waals surface area contributed by atoms with Crippen LogP contribution >= 0.6 is 0 Å². The van der Waals surface area contributed by atoms with Crippen molar-refractivity contribution in [1.29, 1.82) is 10.5 Å². The molecule has 0 aliphatic rings. The van der Waals surface area contributed by atoms with E-state index in [9.17, 15) is 4.79 Å². The normalized spacial score (nSPS) is 9.25. The number of carbonyl (C=O) groups is 1. The molecule has 0 atom stereocenters. The summed E-state index contributed by atoms with van der Waals surface area (Å²) in [5.41, 5.74) is 0.745. The van der Waals surface area contributed by atoms with Gasteiger partial charge >= 0.3 is 0 Å². The summed E-state index contributed by atoms with van der Waals surface area (Å²) < 4.78 is 10.6. The van der Waals surface area contributed by atoms with Crippen LogP contribution in [0.5, 0.6) is 11.5 Å². The van der Waals surface area contributed by atoms with E-state index in [0.717, 1.165) is 0 Å². The van der Waals surface area contributed by atoms with Crippen LogP contribution in [0.1, 0.15) is 24.2 Å². The summed E-state index contributed by atoms with van der Waals surface area (Å²) >= 11 is 0. The Morgan fingerprint density at radius 2 is 1.83 bits per heavy atom. The Hall–Kier alpha value is -3.19. The molecular formula is C17H20N4O3. The van der Waals surface area contributed by atoms with Crippen molar-refractivity contribution in [1.82, 2.24) is 4.90 Å². The van der Waals surface area contributed by atoms with Crippen molar-refractivity contribution in [2.24, 2.45) is 0 Å². The van der Waals surface area contributed by atoms with Crippen LogP contribution in [0.3, 0.4) is 0 Å². The molecule has 1 aromatic rings. The van der Waals surface area contributed by atoms with Gasteiger partial charge in [0.05, 0.1) is 19.9 Å². The molecule has 0 saturated carbocycles. The number of methoxy groups -OCH3 is 2. The molecule has 0 bridgehead atoms. The minimum absolute atomic E-state index is 0.100. The number of benzene rings is 1. The fourth-order valence-electron chi connectivity index (χ4n) is 2.13. The third-order valence-corrected chi connectivity index (χ3v) is 3.39. The van der Waals surface area contributed by atoms with Crippen molar-refractivity contribution in [3.05, 3.63) is 29.5 Å². The number of nitrogens with one attached hydrogen (secondary N) is 1. The lowest BCUT2D eigenvalue weighted by molar-refractivity contribution is 0.0772. The number of amides is 1. The van der Waals surface area contributed by atoms with E-state index in [1.165, 1.54) is 20.4 Å². The monoisotopic (exact) mass is 328 g/mol. The molecule has 1 aromatic carbocycles. The Kier molecular flexibility index (Phi) is 7.12. The standard InChI is InChI=1S/C17H20N4O3/c1-5-21(6-2)17(22)13-7-14(20-11-12(9-18)10-19)16(24-4)15(8-13)23-3/h7-8,11,20H,5-6H2,1-4H3. The van der Waals surface area contributed by atoms with Gasteiger partial charge in [0, 0.05) is 24.9 Å². The highest BCUT2D eigenvalue weighted by atomic mass is 16.5. The number of rotatable bonds is 7. The minimum atomic E-state index is -0.145. The van der Waals surface area contributed by atoms with Gasteiger partial charge in [-0.3, -0.25) is 4.79 Å². The molecule has 0 radical (unpaired) electrons. The second kappa shape index (κ2) is 9.06. The van der Waals surface area contributed by atoms with Crippen LogP contribution < -0.4 is 14.8 Å². The van der Waals surface area contributed by atoms with E-state index in [4.69, 9.17) is 20.0 Å². The number of nitrogens with zero attached hydrogens (tertiary/aromatic N) is 3. The topological polar surface area (TPSA) is 98.4 Å². The number of hydrogen-bond acceptors (Lipinski definition) is 6. The molecule has 1 N–H and O–H groups in total. The third kappa shape index (κ3) is 4.17. The summed E-state index contributed by atoms with van der Waals surface area (Å²) in [5, 5.41) is 20.5. The average molecular weight is 328 g/mol. The summed E-state index contributed by atoms with van der Waals surface area (Å²) in [6, 6.07) is 6.71. The second-order valence-corrected chi connectivity index (χ2v) is 4.66. The zero-order chi connectivity index (χ0) is 18.1. The van der Waals surface area contributed by atoms with Gasteiger partial charge in [0.2, 0.25) is 0 Å². The predicted molar refractivity (Wildman–Crippen MR) is 89.7 cm³/mol. The van der Waals surface area contributed by atoms with E-state index in [1.54, 1.807) is 29.2 Å². The molecule has 0 saturated heterocycles. The Labute approximate surface area is 141 Å². The number of hydrogen-bond donors (Lipinski definition) is 1. The number of ether oxygens (including phenoxy) is 2. The third-order valence-electron chi connectivity index (χ3n) is 3.39. The van der Waals surface area contributed by atoms with Gasteiger partial charge in [-0.1, -0.05) is 0 Å². The molecule has 0 aliphatic carbocycles. The molecule has 1 amide bonds. The molecule has 0 aliphatic heterocycles. The lowest BCUT2D eigenvalue weighted by atomic mass is 10.1. The summed E-state index contributed by atoms with van der Waals surface area (Å²) in [5.74, 6) is 0.607. The van der Waals surface area contributed by atoms with Crippen LogP contribution in [-0.4, -0.2) is 38.1 Å². The smallest absolute Gasteiger partial charge is 0.254 e. The first-order valence-corrected chi connectivity index (χ1v) is 7.38. The van der Waals surface area contributed by atoms with Crippen LogP contribution in [0, 0.1) is 22.7 Å². The number of nitriles is 2. The highest BCUT2D eigenvalue weighted by molar-refractivity contribution is 5.96. The van der Waals surface area contributed by atoms with Gasteiger partial charge in [-0.25, -0.2) is 0 Å². The maximum Gasteiger partial charge on any atom is 0.254 e. The highest BCUT2D eigenvalue weighted by Gasteiger charge is 2.19. The van der Waals surface area contributed by atoms with E-state index in [-0.39, 0.29) is 11.5 Å². The largest absolute Gasteiger partial charge is 0.493 e. The highest BCUT2D eigenvalue weighted by Crippen LogP contribution is 2.37. The van der Waals surface area contributed by atoms with Gasteiger partial charge in [-0.2, -0.15) is 10.5 Å². The lowest BCUT2D eigenvalue weighted by Crippen LogP contribution is -2.30. The summed E-state index contributed by atoms with van der Waals surface area (Å²) in [7, 11) is 2.94. The van der Waals surface area contributed by atoms with Gasteiger partial charge < -0.3 is 19.7 Å². The van der Waals surface area contributed by atoms with Crippen molar-refractivity contribution in [2.75, 3.05) is 32.6 Å². The van der Waals surface area contributed by atoms with Crippen molar-refractivity contribution in [3.8, 4) is 23.6 Å². The predicted octanol–water partition coefficient (Wildman–Crippen LogP) is 2.53. The Morgan fingerprint density at radius 1 is 1.21 bits per heavy atom. The maximum absolute atomic E-state index is 12.6. The van der Waals surface area contributed by atoms with E-state index < -0.39 is 0 Å². The van der Waals surface area contributed by atoms with Crippen molar-refractivity contribution >= 4 is 11.6 Å². The molecule has 126 valence electrons. The molecule has 7 nitrogen and oxygen atoms in total. The minimum Gasteiger partial charge on any atom is -0.493 e.